The van der Waals surface area contributed by atoms with Crippen LogP contribution in [0.5, 0.6) is 0 Å². The molecule has 0 saturated carbocycles. The molecule has 0 aromatic carbocycles. The van der Waals surface area contributed by atoms with Crippen molar-refractivity contribution in [1.29, 1.82) is 0 Å². The highest BCUT2D eigenvalue weighted by atomic mass is 16.5. The van der Waals surface area contributed by atoms with E-state index in [1.807, 2.05) is 25.3 Å². The quantitative estimate of drug-likeness (QED) is 0.528. The Balaban J connectivity index is 1.28. The van der Waals surface area contributed by atoms with Gasteiger partial charge in [-0.25, -0.2) is 9.97 Å². The van der Waals surface area contributed by atoms with Gasteiger partial charge in [0.25, 0.3) is 0 Å². The summed E-state index contributed by atoms with van der Waals surface area (Å²) in [6.07, 6.45) is 7.63. The van der Waals surface area contributed by atoms with Crippen molar-refractivity contribution in [2.75, 3.05) is 13.1 Å². The van der Waals surface area contributed by atoms with Crippen molar-refractivity contribution in [1.82, 2.24) is 30.0 Å². The Kier molecular flexibility index (Phi) is 4.73. The Morgan fingerprint density at radius 1 is 1.03 bits per heavy atom. The first kappa shape index (κ1) is 17.9. The second kappa shape index (κ2) is 7.67. The summed E-state index contributed by atoms with van der Waals surface area (Å²) in [6.45, 7) is 4.57. The number of aryl methyl sites for hydroxylation is 1. The summed E-state index contributed by atoms with van der Waals surface area (Å²) in [5.41, 5.74) is 4.14. The molecule has 0 unspecified atom stereocenters. The van der Waals surface area contributed by atoms with Crippen LogP contribution in [0.2, 0.25) is 0 Å². The van der Waals surface area contributed by atoms with E-state index in [0.29, 0.717) is 17.6 Å². The van der Waals surface area contributed by atoms with E-state index in [0.717, 1.165) is 60.3 Å². The maximum absolute atomic E-state index is 5.24. The van der Waals surface area contributed by atoms with Crippen LogP contribution in [0.25, 0.3) is 22.2 Å². The number of fused-ring (bicyclic) bond motifs is 1. The summed E-state index contributed by atoms with van der Waals surface area (Å²) >= 11 is 0. The summed E-state index contributed by atoms with van der Waals surface area (Å²) in [6, 6.07) is 10.4. The lowest BCUT2D eigenvalue weighted by atomic mass is 9.93. The van der Waals surface area contributed by atoms with E-state index >= 15 is 0 Å². The molecular weight excluding hydrogens is 364 g/mol. The van der Waals surface area contributed by atoms with E-state index < -0.39 is 0 Å². The first-order valence-electron chi connectivity index (χ1n) is 9.93. The van der Waals surface area contributed by atoms with Gasteiger partial charge in [0.05, 0.1) is 6.54 Å². The lowest BCUT2D eigenvalue weighted by molar-refractivity contribution is 0.180. The molecule has 0 N–H and O–H groups in total. The Morgan fingerprint density at radius 2 is 1.86 bits per heavy atom. The lowest BCUT2D eigenvalue weighted by Crippen LogP contribution is -2.32. The number of hydrogen-bond acceptors (Lipinski definition) is 7. The van der Waals surface area contributed by atoms with Crippen LogP contribution in [0, 0.1) is 6.92 Å². The van der Waals surface area contributed by atoms with E-state index in [1.54, 1.807) is 12.4 Å². The van der Waals surface area contributed by atoms with Crippen LogP contribution in [0.15, 0.2) is 53.4 Å². The van der Waals surface area contributed by atoms with Gasteiger partial charge in [-0.1, -0.05) is 5.16 Å². The molecule has 0 amide bonds. The number of rotatable bonds is 4. The molecule has 7 heteroatoms. The number of nitrogens with zero attached hydrogens (tertiary/aromatic N) is 6. The maximum atomic E-state index is 5.24. The van der Waals surface area contributed by atoms with Gasteiger partial charge in [-0.2, -0.15) is 4.98 Å². The topological polar surface area (TPSA) is 80.8 Å². The van der Waals surface area contributed by atoms with Crippen molar-refractivity contribution in [3.8, 4) is 11.1 Å². The second-order valence-electron chi connectivity index (χ2n) is 7.53. The highest BCUT2D eigenvalue weighted by Crippen LogP contribution is 2.29. The van der Waals surface area contributed by atoms with Crippen molar-refractivity contribution >= 4 is 11.0 Å². The van der Waals surface area contributed by atoms with Crippen molar-refractivity contribution in [3.63, 3.8) is 0 Å². The van der Waals surface area contributed by atoms with Crippen LogP contribution < -0.4 is 0 Å². The summed E-state index contributed by atoms with van der Waals surface area (Å²) < 4.78 is 5.24. The monoisotopic (exact) mass is 386 g/mol. The Labute approximate surface area is 168 Å². The molecule has 1 saturated heterocycles. The first-order valence-corrected chi connectivity index (χ1v) is 9.93. The largest absolute Gasteiger partial charge is 0.338 e. The van der Waals surface area contributed by atoms with Gasteiger partial charge in [-0.3, -0.25) is 9.88 Å². The molecule has 0 spiro atoms. The zero-order chi connectivity index (χ0) is 19.6. The van der Waals surface area contributed by atoms with Crippen LogP contribution in [0.4, 0.5) is 0 Å². The van der Waals surface area contributed by atoms with Gasteiger partial charge in [0, 0.05) is 41.2 Å². The van der Waals surface area contributed by atoms with Gasteiger partial charge in [-0.15, -0.1) is 0 Å². The predicted octanol–water partition coefficient (Wildman–Crippen LogP) is 3.76. The fourth-order valence-electron chi connectivity index (χ4n) is 3.94. The van der Waals surface area contributed by atoms with E-state index in [2.05, 4.69) is 43.2 Å². The normalized spacial score (nSPS) is 15.8. The second-order valence-corrected chi connectivity index (χ2v) is 7.53. The smallest absolute Gasteiger partial charge is 0.240 e. The molecule has 7 nitrogen and oxygen atoms in total. The minimum absolute atomic E-state index is 0.460. The SMILES string of the molecule is Cc1noc(CN2CCC(c3ccc4cc(-c5ccncc5)cnc4n3)CC2)n1. The fraction of sp³-hybridized carbons (Fsp3) is 0.318. The third-order valence-electron chi connectivity index (χ3n) is 5.51. The van der Waals surface area contributed by atoms with E-state index in [1.165, 1.54) is 0 Å². The van der Waals surface area contributed by atoms with Gasteiger partial charge in [0.2, 0.25) is 5.89 Å². The van der Waals surface area contributed by atoms with E-state index in [4.69, 9.17) is 9.51 Å². The zero-order valence-electron chi connectivity index (χ0n) is 16.3. The molecule has 0 atom stereocenters. The molecular formula is C22H22N6O. The molecule has 4 aromatic rings. The molecule has 0 bridgehead atoms. The van der Waals surface area contributed by atoms with Crippen LogP contribution in [-0.2, 0) is 6.54 Å². The standard InChI is InChI=1S/C22H22N6O/c1-15-25-21(29-27-15)14-28-10-6-17(7-11-28)20-3-2-18-12-19(13-24-22(18)26-20)16-4-8-23-9-5-16/h2-5,8-9,12-13,17H,6-7,10-11,14H2,1H3. The highest BCUT2D eigenvalue weighted by Gasteiger charge is 2.23. The van der Waals surface area contributed by atoms with Crippen LogP contribution >= 0.6 is 0 Å². The first-order chi connectivity index (χ1) is 14.2. The van der Waals surface area contributed by atoms with Crippen LogP contribution in [0.3, 0.4) is 0 Å². The average molecular weight is 386 g/mol. The number of aromatic nitrogens is 5. The van der Waals surface area contributed by atoms with Gasteiger partial charge < -0.3 is 4.52 Å². The Morgan fingerprint density at radius 3 is 2.62 bits per heavy atom. The zero-order valence-corrected chi connectivity index (χ0v) is 16.3. The molecule has 1 fully saturated rings. The van der Waals surface area contributed by atoms with Crippen LogP contribution in [0.1, 0.15) is 36.2 Å². The van der Waals surface area contributed by atoms with Crippen molar-refractivity contribution in [2.45, 2.75) is 32.2 Å². The third kappa shape index (κ3) is 3.86. The summed E-state index contributed by atoms with van der Waals surface area (Å²) in [5, 5.41) is 4.93. The number of likely N-dealkylation sites (tertiary alicyclic amines) is 1. The minimum atomic E-state index is 0.460. The number of pyridine rings is 3. The van der Waals surface area contributed by atoms with Crippen molar-refractivity contribution in [2.24, 2.45) is 0 Å². The molecule has 1 aliphatic heterocycles. The number of piperidine rings is 1. The van der Waals surface area contributed by atoms with E-state index in [-0.39, 0.29) is 0 Å². The molecule has 4 aromatic heterocycles. The van der Waals surface area contributed by atoms with Gasteiger partial charge in [0.15, 0.2) is 11.5 Å². The highest BCUT2D eigenvalue weighted by molar-refractivity contribution is 5.80. The fourth-order valence-corrected chi connectivity index (χ4v) is 3.94. The minimum Gasteiger partial charge on any atom is -0.338 e. The molecule has 1 aliphatic rings. The van der Waals surface area contributed by atoms with Gasteiger partial charge in [-0.05, 0) is 68.8 Å². The average Bonchev–Trinajstić information content (AvgIpc) is 3.18. The predicted molar refractivity (Wildman–Crippen MR) is 109 cm³/mol. The summed E-state index contributed by atoms with van der Waals surface area (Å²) in [7, 11) is 0. The maximum Gasteiger partial charge on any atom is 0.240 e. The summed E-state index contributed by atoms with van der Waals surface area (Å²) in [4.78, 5) is 20.2. The summed E-state index contributed by atoms with van der Waals surface area (Å²) in [5.74, 6) is 1.84. The molecule has 29 heavy (non-hydrogen) atoms. The molecule has 5 heterocycles. The lowest BCUT2D eigenvalue weighted by Gasteiger charge is -2.30. The molecule has 0 aliphatic carbocycles. The number of hydrogen-bond donors (Lipinski definition) is 0. The van der Waals surface area contributed by atoms with Crippen LogP contribution in [-0.4, -0.2) is 43.1 Å². The Bertz CT molecular complexity index is 1120. The van der Waals surface area contributed by atoms with Crippen molar-refractivity contribution in [3.05, 3.63) is 66.3 Å². The Hall–Kier alpha value is -3.19. The molecule has 5 rings (SSSR count). The van der Waals surface area contributed by atoms with E-state index in [9.17, 15) is 0 Å². The van der Waals surface area contributed by atoms with Gasteiger partial charge >= 0.3 is 0 Å². The van der Waals surface area contributed by atoms with Gasteiger partial charge in [0.1, 0.15) is 0 Å². The molecule has 0 radical (unpaired) electrons. The molecule has 146 valence electrons. The third-order valence-corrected chi connectivity index (χ3v) is 5.51. The van der Waals surface area contributed by atoms with Crippen molar-refractivity contribution < 1.29 is 4.52 Å².